The van der Waals surface area contributed by atoms with Crippen LogP contribution in [0.2, 0.25) is 0 Å². The van der Waals surface area contributed by atoms with E-state index in [9.17, 15) is 9.59 Å². The fourth-order valence-electron chi connectivity index (χ4n) is 3.79. The van der Waals surface area contributed by atoms with Crippen molar-refractivity contribution in [3.8, 4) is 0 Å². The van der Waals surface area contributed by atoms with Crippen LogP contribution in [0.1, 0.15) is 23.1 Å². The van der Waals surface area contributed by atoms with E-state index in [0.29, 0.717) is 19.5 Å². The van der Waals surface area contributed by atoms with Crippen LogP contribution >= 0.6 is 0 Å². The maximum Gasteiger partial charge on any atom is 0.228 e. The lowest BCUT2D eigenvalue weighted by atomic mass is 9.98. The molecule has 2 heterocycles. The van der Waals surface area contributed by atoms with E-state index in [0.717, 1.165) is 24.2 Å². The SMILES string of the molecule is Cc1ccc(N2C[C@@H](C(=O)N3CCc4ccccc4C3)CC2=O)cc1. The zero-order valence-electron chi connectivity index (χ0n) is 14.4. The lowest BCUT2D eigenvalue weighted by Gasteiger charge is -2.30. The standard InChI is InChI=1S/C21H22N2O2/c1-15-6-8-19(9-7-15)23-14-18(12-20(23)24)21(25)22-11-10-16-4-2-3-5-17(16)13-22/h2-9,18H,10-14H2,1H3/t18-/m0/s1. The van der Waals surface area contributed by atoms with Crippen LogP contribution in [-0.4, -0.2) is 29.8 Å². The predicted molar refractivity (Wildman–Crippen MR) is 97.2 cm³/mol. The number of carbonyl (C=O) groups is 2. The third kappa shape index (κ3) is 3.04. The third-order valence-corrected chi connectivity index (χ3v) is 5.26. The number of rotatable bonds is 2. The molecule has 2 aromatic rings. The molecule has 4 nitrogen and oxygen atoms in total. The summed E-state index contributed by atoms with van der Waals surface area (Å²) in [7, 11) is 0. The van der Waals surface area contributed by atoms with Crippen LogP contribution in [0.5, 0.6) is 0 Å². The Kier molecular flexibility index (Phi) is 4.04. The summed E-state index contributed by atoms with van der Waals surface area (Å²) < 4.78 is 0. The second kappa shape index (κ2) is 6.36. The summed E-state index contributed by atoms with van der Waals surface area (Å²) in [6.07, 6.45) is 1.20. The number of benzene rings is 2. The molecule has 0 aliphatic carbocycles. The van der Waals surface area contributed by atoms with Crippen LogP contribution in [0.15, 0.2) is 48.5 Å². The van der Waals surface area contributed by atoms with E-state index in [1.165, 1.54) is 11.1 Å². The maximum absolute atomic E-state index is 12.9. The van der Waals surface area contributed by atoms with Gasteiger partial charge in [0.2, 0.25) is 11.8 Å². The Morgan fingerprint density at radius 3 is 2.52 bits per heavy atom. The van der Waals surface area contributed by atoms with Gasteiger partial charge < -0.3 is 9.80 Å². The van der Waals surface area contributed by atoms with Gasteiger partial charge in [0.25, 0.3) is 0 Å². The van der Waals surface area contributed by atoms with E-state index < -0.39 is 0 Å². The van der Waals surface area contributed by atoms with E-state index >= 15 is 0 Å². The normalized spacial score (nSPS) is 19.9. The monoisotopic (exact) mass is 334 g/mol. The molecule has 128 valence electrons. The van der Waals surface area contributed by atoms with Crippen molar-refractivity contribution < 1.29 is 9.59 Å². The van der Waals surface area contributed by atoms with Crippen LogP contribution in [-0.2, 0) is 22.6 Å². The highest BCUT2D eigenvalue weighted by Gasteiger charge is 2.37. The van der Waals surface area contributed by atoms with Gasteiger partial charge in [-0.05, 0) is 36.6 Å². The number of hydrogen-bond donors (Lipinski definition) is 0. The topological polar surface area (TPSA) is 40.6 Å². The van der Waals surface area contributed by atoms with E-state index in [2.05, 4.69) is 12.1 Å². The van der Waals surface area contributed by atoms with E-state index in [-0.39, 0.29) is 17.7 Å². The molecule has 0 bridgehead atoms. The Labute approximate surface area is 148 Å². The van der Waals surface area contributed by atoms with Gasteiger partial charge in [-0.2, -0.15) is 0 Å². The van der Waals surface area contributed by atoms with Gasteiger partial charge >= 0.3 is 0 Å². The minimum absolute atomic E-state index is 0.0413. The zero-order chi connectivity index (χ0) is 17.4. The van der Waals surface area contributed by atoms with Gasteiger partial charge in [-0.1, -0.05) is 42.0 Å². The molecule has 0 spiro atoms. The molecule has 0 N–H and O–H groups in total. The second-order valence-electron chi connectivity index (χ2n) is 7.02. The first-order valence-corrected chi connectivity index (χ1v) is 8.84. The smallest absolute Gasteiger partial charge is 0.228 e. The van der Waals surface area contributed by atoms with Gasteiger partial charge in [-0.25, -0.2) is 0 Å². The van der Waals surface area contributed by atoms with Crippen molar-refractivity contribution in [2.24, 2.45) is 5.92 Å². The van der Waals surface area contributed by atoms with Crippen LogP contribution < -0.4 is 4.90 Å². The summed E-state index contributed by atoms with van der Waals surface area (Å²) in [6.45, 7) is 3.91. The molecular formula is C21H22N2O2. The lowest BCUT2D eigenvalue weighted by molar-refractivity contribution is -0.136. The third-order valence-electron chi connectivity index (χ3n) is 5.26. The molecule has 2 amide bonds. The van der Waals surface area contributed by atoms with Crippen molar-refractivity contribution in [3.63, 3.8) is 0 Å². The first-order chi connectivity index (χ1) is 12.1. The Morgan fingerprint density at radius 2 is 1.76 bits per heavy atom. The van der Waals surface area contributed by atoms with Gasteiger partial charge in [0.05, 0.1) is 5.92 Å². The summed E-state index contributed by atoms with van der Waals surface area (Å²) in [5.74, 6) is -0.0869. The van der Waals surface area contributed by atoms with Crippen molar-refractivity contribution in [3.05, 3.63) is 65.2 Å². The largest absolute Gasteiger partial charge is 0.338 e. The summed E-state index contributed by atoms with van der Waals surface area (Å²) >= 11 is 0. The predicted octanol–water partition coefficient (Wildman–Crippen LogP) is 2.93. The minimum Gasteiger partial charge on any atom is -0.338 e. The van der Waals surface area contributed by atoms with Crippen LogP contribution in [0.4, 0.5) is 5.69 Å². The van der Waals surface area contributed by atoms with Gasteiger partial charge in [0.15, 0.2) is 0 Å². The molecule has 1 fully saturated rings. The Morgan fingerprint density at radius 1 is 1.04 bits per heavy atom. The minimum atomic E-state index is -0.237. The van der Waals surface area contributed by atoms with Crippen molar-refractivity contribution in [1.29, 1.82) is 0 Å². The fraction of sp³-hybridized carbons (Fsp3) is 0.333. The van der Waals surface area contributed by atoms with Gasteiger partial charge in [-0.15, -0.1) is 0 Å². The van der Waals surface area contributed by atoms with E-state index in [1.807, 2.05) is 48.2 Å². The average molecular weight is 334 g/mol. The highest BCUT2D eigenvalue weighted by Crippen LogP contribution is 2.28. The number of aryl methyl sites for hydroxylation is 1. The maximum atomic E-state index is 12.9. The molecule has 0 saturated carbocycles. The summed E-state index contributed by atoms with van der Waals surface area (Å²) in [4.78, 5) is 29.0. The number of hydrogen-bond acceptors (Lipinski definition) is 2. The quantitative estimate of drug-likeness (QED) is 0.847. The molecule has 2 aliphatic rings. The van der Waals surface area contributed by atoms with Crippen molar-refractivity contribution in [2.75, 3.05) is 18.0 Å². The molecular weight excluding hydrogens is 312 g/mol. The van der Waals surface area contributed by atoms with Gasteiger partial charge in [-0.3, -0.25) is 9.59 Å². The number of anilines is 1. The van der Waals surface area contributed by atoms with Crippen LogP contribution in [0.3, 0.4) is 0 Å². The Hall–Kier alpha value is -2.62. The number of nitrogens with zero attached hydrogens (tertiary/aromatic N) is 2. The molecule has 0 radical (unpaired) electrons. The van der Waals surface area contributed by atoms with Gasteiger partial charge in [0.1, 0.15) is 0 Å². The average Bonchev–Trinajstić information content (AvgIpc) is 3.03. The number of carbonyl (C=O) groups excluding carboxylic acids is 2. The summed E-state index contributed by atoms with van der Waals surface area (Å²) in [6, 6.07) is 16.2. The lowest BCUT2D eigenvalue weighted by Crippen LogP contribution is -2.40. The highest BCUT2D eigenvalue weighted by atomic mass is 16.2. The molecule has 4 rings (SSSR count). The highest BCUT2D eigenvalue weighted by molar-refractivity contribution is 6.00. The van der Waals surface area contributed by atoms with Crippen LogP contribution in [0.25, 0.3) is 0 Å². The first-order valence-electron chi connectivity index (χ1n) is 8.84. The molecule has 0 aromatic heterocycles. The molecule has 25 heavy (non-hydrogen) atoms. The second-order valence-corrected chi connectivity index (χ2v) is 7.02. The molecule has 1 saturated heterocycles. The Bertz CT molecular complexity index is 813. The first kappa shape index (κ1) is 15.9. The summed E-state index contributed by atoms with van der Waals surface area (Å²) in [5.41, 5.74) is 4.60. The van der Waals surface area contributed by atoms with E-state index in [4.69, 9.17) is 0 Å². The molecule has 0 unspecified atom stereocenters. The fourth-order valence-corrected chi connectivity index (χ4v) is 3.79. The number of amides is 2. The molecule has 1 atom stereocenters. The van der Waals surface area contributed by atoms with Crippen molar-refractivity contribution >= 4 is 17.5 Å². The van der Waals surface area contributed by atoms with Crippen LogP contribution in [0, 0.1) is 12.8 Å². The molecule has 2 aromatic carbocycles. The molecule has 4 heteroatoms. The van der Waals surface area contributed by atoms with Gasteiger partial charge in [0, 0.05) is 31.7 Å². The Balaban J connectivity index is 1.47. The van der Waals surface area contributed by atoms with E-state index in [1.54, 1.807) is 4.90 Å². The van der Waals surface area contributed by atoms with Crippen molar-refractivity contribution in [1.82, 2.24) is 4.90 Å². The number of fused-ring (bicyclic) bond motifs is 1. The zero-order valence-corrected chi connectivity index (χ0v) is 14.4. The molecule has 2 aliphatic heterocycles. The van der Waals surface area contributed by atoms with Crippen molar-refractivity contribution in [2.45, 2.75) is 26.3 Å². The summed E-state index contributed by atoms with van der Waals surface area (Å²) in [5, 5.41) is 0.